The number of carbonyl (C=O) groups excluding carboxylic acids is 1. The Morgan fingerprint density at radius 3 is 2.03 bits per heavy atom. The molecule has 162 valence electrons. The Bertz CT molecular complexity index is 1170. The van der Waals surface area contributed by atoms with E-state index in [4.69, 9.17) is 14.6 Å². The van der Waals surface area contributed by atoms with Crippen molar-refractivity contribution in [3.63, 3.8) is 0 Å². The lowest BCUT2D eigenvalue weighted by Crippen LogP contribution is -2.36. The Morgan fingerprint density at radius 1 is 0.906 bits per heavy atom. The Kier molecular flexibility index (Phi) is 6.04. The third-order valence-corrected chi connectivity index (χ3v) is 6.32. The summed E-state index contributed by atoms with van der Waals surface area (Å²) < 4.78 is 12.7. The number of hydrogen-bond donors (Lipinski definition) is 1. The molecule has 0 aliphatic heterocycles. The second kappa shape index (κ2) is 8.77. The molecule has 2 N–H and O–H groups in total. The lowest BCUT2D eigenvalue weighted by atomic mass is 9.80. The van der Waals surface area contributed by atoms with E-state index < -0.39 is 5.60 Å². The first-order chi connectivity index (χ1) is 15.3. The number of furan rings is 1. The van der Waals surface area contributed by atoms with Crippen LogP contribution in [0.4, 0.5) is 0 Å². The predicted molar refractivity (Wildman–Crippen MR) is 128 cm³/mol. The van der Waals surface area contributed by atoms with Crippen molar-refractivity contribution in [1.82, 2.24) is 0 Å². The van der Waals surface area contributed by atoms with Crippen LogP contribution in [-0.2, 0) is 21.2 Å². The van der Waals surface area contributed by atoms with Gasteiger partial charge in [0, 0.05) is 10.9 Å². The van der Waals surface area contributed by atoms with Crippen molar-refractivity contribution in [3.05, 3.63) is 107 Å². The van der Waals surface area contributed by atoms with Gasteiger partial charge in [-0.2, -0.15) is 0 Å². The summed E-state index contributed by atoms with van der Waals surface area (Å²) in [7, 11) is 0.257. The van der Waals surface area contributed by atoms with E-state index >= 15 is 0 Å². The van der Waals surface area contributed by atoms with Gasteiger partial charge in [0.15, 0.2) is 0 Å². The number of amides is 1. The average Bonchev–Trinajstić information content (AvgIpc) is 3.16. The quantitative estimate of drug-likeness (QED) is 0.300. The van der Waals surface area contributed by atoms with E-state index in [-0.39, 0.29) is 27.1 Å². The molecule has 3 aromatic carbocycles. The number of rotatable bonds is 7. The molecule has 0 fully saturated rings. The Hall–Kier alpha value is -3.15. The molecule has 0 bridgehead atoms. The standard InChI is InChI=1S/C27H27NO3Si/c1-26(2,3)32-31-27(20-10-6-4-7-11-20,21-12-8-5-9-13-21)22-14-15-23-19(16-25(28)29)18-30-24(23)17-22/h4-15,17-18H,16H2,1-3H3,(H2,28,29). The number of carbonyl (C=O) groups is 1. The van der Waals surface area contributed by atoms with Crippen molar-refractivity contribution >= 4 is 26.6 Å². The summed E-state index contributed by atoms with van der Waals surface area (Å²) in [4.78, 5) is 11.4. The lowest BCUT2D eigenvalue weighted by Gasteiger charge is -2.38. The van der Waals surface area contributed by atoms with Gasteiger partial charge < -0.3 is 14.6 Å². The Labute approximate surface area is 191 Å². The van der Waals surface area contributed by atoms with Crippen LogP contribution in [0.3, 0.4) is 0 Å². The van der Waals surface area contributed by atoms with Gasteiger partial charge in [-0.05, 0) is 27.8 Å². The number of hydrogen-bond acceptors (Lipinski definition) is 3. The zero-order valence-corrected chi connectivity index (χ0v) is 19.6. The van der Waals surface area contributed by atoms with Crippen LogP contribution in [0.25, 0.3) is 11.0 Å². The molecule has 0 unspecified atom stereocenters. The second-order valence-electron chi connectivity index (χ2n) is 8.98. The Balaban J connectivity index is 1.95. The number of benzene rings is 3. The van der Waals surface area contributed by atoms with Crippen LogP contribution in [0.1, 0.15) is 43.0 Å². The first-order valence-corrected chi connectivity index (χ1v) is 11.6. The summed E-state index contributed by atoms with van der Waals surface area (Å²) in [6.45, 7) is 6.54. The molecule has 2 radical (unpaired) electrons. The van der Waals surface area contributed by atoms with Crippen molar-refractivity contribution in [3.8, 4) is 0 Å². The fraction of sp³-hybridized carbons (Fsp3) is 0.222. The largest absolute Gasteiger partial charge is 0.464 e. The molecule has 1 heterocycles. The van der Waals surface area contributed by atoms with Gasteiger partial charge in [0.25, 0.3) is 0 Å². The zero-order valence-electron chi connectivity index (χ0n) is 18.6. The molecule has 0 saturated carbocycles. The van der Waals surface area contributed by atoms with Crippen molar-refractivity contribution in [2.75, 3.05) is 0 Å². The molecule has 4 rings (SSSR count). The van der Waals surface area contributed by atoms with Crippen molar-refractivity contribution in [2.45, 2.75) is 37.8 Å². The van der Waals surface area contributed by atoms with Gasteiger partial charge in [0.2, 0.25) is 15.7 Å². The maximum absolute atomic E-state index is 11.4. The molecule has 5 heteroatoms. The maximum atomic E-state index is 11.4. The molecule has 0 saturated heterocycles. The van der Waals surface area contributed by atoms with Crippen LogP contribution in [-0.4, -0.2) is 15.7 Å². The van der Waals surface area contributed by atoms with Crippen LogP contribution < -0.4 is 5.73 Å². The van der Waals surface area contributed by atoms with E-state index in [1.165, 1.54) is 0 Å². The Morgan fingerprint density at radius 2 is 1.50 bits per heavy atom. The van der Waals surface area contributed by atoms with E-state index in [1.807, 2.05) is 48.5 Å². The molecule has 0 aliphatic rings. The fourth-order valence-electron chi connectivity index (χ4n) is 3.88. The third-order valence-electron chi connectivity index (χ3n) is 5.30. The predicted octanol–water partition coefficient (Wildman–Crippen LogP) is 5.61. The van der Waals surface area contributed by atoms with Gasteiger partial charge in [0.1, 0.15) is 11.2 Å². The summed E-state index contributed by atoms with van der Waals surface area (Å²) in [6, 6.07) is 26.7. The van der Waals surface area contributed by atoms with Crippen LogP contribution in [0, 0.1) is 0 Å². The van der Waals surface area contributed by atoms with Crippen LogP contribution in [0.2, 0.25) is 5.04 Å². The lowest BCUT2D eigenvalue weighted by molar-refractivity contribution is -0.117. The minimum Gasteiger partial charge on any atom is -0.464 e. The van der Waals surface area contributed by atoms with Crippen molar-refractivity contribution in [1.29, 1.82) is 0 Å². The van der Waals surface area contributed by atoms with E-state index in [0.29, 0.717) is 5.58 Å². The second-order valence-corrected chi connectivity index (χ2v) is 10.9. The smallest absolute Gasteiger partial charge is 0.237 e. The number of fused-ring (bicyclic) bond motifs is 1. The molecule has 0 aliphatic carbocycles. The molecular weight excluding hydrogens is 414 g/mol. The molecule has 0 atom stereocenters. The number of nitrogens with two attached hydrogens (primary N) is 1. The number of primary amides is 1. The van der Waals surface area contributed by atoms with Crippen LogP contribution in [0.15, 0.2) is 89.5 Å². The highest BCUT2D eigenvalue weighted by Crippen LogP contribution is 2.43. The van der Waals surface area contributed by atoms with Gasteiger partial charge in [-0.25, -0.2) is 0 Å². The molecule has 4 aromatic rings. The topological polar surface area (TPSA) is 65.5 Å². The first-order valence-electron chi connectivity index (χ1n) is 10.6. The highest BCUT2D eigenvalue weighted by atomic mass is 28.2. The fourth-order valence-corrected chi connectivity index (χ4v) is 4.69. The summed E-state index contributed by atoms with van der Waals surface area (Å²) in [5.41, 5.74) is 9.17. The van der Waals surface area contributed by atoms with E-state index in [2.05, 4.69) is 51.1 Å². The highest BCUT2D eigenvalue weighted by Gasteiger charge is 2.39. The van der Waals surface area contributed by atoms with Gasteiger partial charge in [0.05, 0.1) is 12.7 Å². The van der Waals surface area contributed by atoms with E-state index in [9.17, 15) is 4.79 Å². The van der Waals surface area contributed by atoms with Crippen LogP contribution in [0.5, 0.6) is 0 Å². The molecule has 1 aromatic heterocycles. The summed E-state index contributed by atoms with van der Waals surface area (Å²) >= 11 is 0. The molecular formula is C27H27NO3Si. The summed E-state index contributed by atoms with van der Waals surface area (Å²) in [5, 5.41) is 0.888. The van der Waals surface area contributed by atoms with E-state index in [0.717, 1.165) is 27.6 Å². The zero-order chi connectivity index (χ0) is 22.8. The monoisotopic (exact) mass is 441 g/mol. The SMILES string of the molecule is CC(C)(C)[Si]OC(c1ccccc1)(c1ccccc1)c1ccc2c(CC(N)=O)coc2c1. The van der Waals surface area contributed by atoms with Crippen molar-refractivity contribution < 1.29 is 13.6 Å². The maximum Gasteiger partial charge on any atom is 0.237 e. The molecule has 4 nitrogen and oxygen atoms in total. The van der Waals surface area contributed by atoms with Crippen molar-refractivity contribution in [2.24, 2.45) is 5.73 Å². The van der Waals surface area contributed by atoms with E-state index in [1.54, 1.807) is 6.26 Å². The first kappa shape index (κ1) is 22.1. The minimum atomic E-state index is -0.806. The molecule has 32 heavy (non-hydrogen) atoms. The third kappa shape index (κ3) is 4.40. The van der Waals surface area contributed by atoms with Gasteiger partial charge in [-0.1, -0.05) is 93.6 Å². The summed E-state index contributed by atoms with van der Waals surface area (Å²) in [6.07, 6.45) is 1.76. The van der Waals surface area contributed by atoms with Gasteiger partial charge >= 0.3 is 0 Å². The summed E-state index contributed by atoms with van der Waals surface area (Å²) in [5.74, 6) is -0.380. The normalized spacial score (nSPS) is 12.2. The molecule has 1 amide bonds. The average molecular weight is 442 g/mol. The minimum absolute atomic E-state index is 0.00173. The molecule has 0 spiro atoms. The van der Waals surface area contributed by atoms with Gasteiger partial charge in [-0.15, -0.1) is 0 Å². The highest BCUT2D eigenvalue weighted by molar-refractivity contribution is 6.32. The van der Waals surface area contributed by atoms with Gasteiger partial charge in [-0.3, -0.25) is 4.79 Å². The van der Waals surface area contributed by atoms with Crippen LogP contribution >= 0.6 is 0 Å².